The SMILES string of the molecule is COc1cc(C(C)C(=O)C(C)c2ccc(OCCCCN3CCN(c4n[nH]c5ccccc45)CC3)c(OC)c2)ccc1OCCCCN1CCN(c2n[nH]c3ccccc23)CC1.O=C(O)/C=C/C(=O)O. The van der Waals surface area contributed by atoms with Crippen LogP contribution in [0.1, 0.15) is 62.5 Å². The molecule has 2 saturated heterocycles. The Balaban J connectivity index is 0.000000830. The number of Topliss-reactive ketones (excluding diaryl/α,β-unsaturated/α-hetero) is 1. The second-order valence-electron chi connectivity index (χ2n) is 17.6. The molecule has 70 heavy (non-hydrogen) atoms. The summed E-state index contributed by atoms with van der Waals surface area (Å²) in [5.74, 6) is 1.71. The molecule has 8 rings (SSSR count). The van der Waals surface area contributed by atoms with E-state index in [1.807, 2.05) is 62.4 Å². The molecule has 2 fully saturated rings. The molecule has 2 aliphatic rings. The van der Waals surface area contributed by atoms with Crippen molar-refractivity contribution in [3.8, 4) is 23.0 Å². The van der Waals surface area contributed by atoms with Crippen molar-refractivity contribution in [1.29, 1.82) is 0 Å². The molecule has 17 heteroatoms. The minimum Gasteiger partial charge on any atom is -0.493 e. The van der Waals surface area contributed by atoms with Crippen LogP contribution in [0.15, 0.2) is 97.1 Å². The van der Waals surface area contributed by atoms with Gasteiger partial charge in [0.1, 0.15) is 5.78 Å². The summed E-state index contributed by atoms with van der Waals surface area (Å²) >= 11 is 0. The number of hydrogen-bond donors (Lipinski definition) is 4. The monoisotopic (exact) mass is 958 g/mol. The smallest absolute Gasteiger partial charge is 0.328 e. The Kier molecular flexibility index (Phi) is 18.1. The molecule has 2 aromatic heterocycles. The van der Waals surface area contributed by atoms with E-state index < -0.39 is 11.9 Å². The maximum atomic E-state index is 13.9. The molecule has 2 unspecified atom stereocenters. The van der Waals surface area contributed by atoms with Gasteiger partial charge in [0.15, 0.2) is 34.6 Å². The number of nitrogens with one attached hydrogen (secondary N) is 2. The number of carbonyl (C=O) groups excluding carboxylic acids is 1. The van der Waals surface area contributed by atoms with E-state index in [-0.39, 0.29) is 17.6 Å². The van der Waals surface area contributed by atoms with Crippen LogP contribution in [0.3, 0.4) is 0 Å². The number of methoxy groups -OCH3 is 2. The molecule has 0 aliphatic carbocycles. The number of ether oxygens (including phenoxy) is 4. The summed E-state index contributed by atoms with van der Waals surface area (Å²) in [6, 6.07) is 28.3. The Bertz CT molecular complexity index is 2510. The van der Waals surface area contributed by atoms with Crippen molar-refractivity contribution < 1.29 is 43.5 Å². The van der Waals surface area contributed by atoms with Crippen molar-refractivity contribution in [1.82, 2.24) is 30.2 Å². The highest BCUT2D eigenvalue weighted by Crippen LogP contribution is 2.36. The lowest BCUT2D eigenvalue weighted by molar-refractivity contribution is -0.134. The van der Waals surface area contributed by atoms with Gasteiger partial charge in [-0.15, -0.1) is 0 Å². The first-order valence-corrected chi connectivity index (χ1v) is 24.1. The number of aromatic amines is 2. The molecule has 372 valence electrons. The predicted molar refractivity (Wildman–Crippen MR) is 271 cm³/mol. The normalized spacial score (nSPS) is 15.4. The first kappa shape index (κ1) is 50.8. The van der Waals surface area contributed by atoms with Crippen LogP contribution < -0.4 is 28.7 Å². The Morgan fingerprint density at radius 1 is 0.571 bits per heavy atom. The number of para-hydroxylation sites is 2. The number of fused-ring (bicyclic) bond motifs is 2. The molecule has 4 N–H and O–H groups in total. The number of carboxylic acid groups (broad SMARTS) is 2. The lowest BCUT2D eigenvalue weighted by atomic mass is 9.85. The number of H-pyrrole nitrogens is 2. The minimum absolute atomic E-state index is 0.119. The fourth-order valence-electron chi connectivity index (χ4n) is 8.98. The van der Waals surface area contributed by atoms with E-state index in [4.69, 9.17) is 29.2 Å². The van der Waals surface area contributed by atoms with Gasteiger partial charge in [0.05, 0.1) is 38.5 Å². The molecule has 4 aromatic carbocycles. The zero-order valence-corrected chi connectivity index (χ0v) is 40.6. The third-order valence-corrected chi connectivity index (χ3v) is 13.1. The quantitative estimate of drug-likeness (QED) is 0.0383. The topological polar surface area (TPSA) is 199 Å². The molecule has 0 radical (unpaired) electrons. The molecule has 0 spiro atoms. The molecule has 17 nitrogen and oxygen atoms in total. The third-order valence-electron chi connectivity index (χ3n) is 13.1. The number of piperazine rings is 2. The summed E-state index contributed by atoms with van der Waals surface area (Å²) in [4.78, 5) is 42.8. The van der Waals surface area contributed by atoms with Gasteiger partial charge in [0, 0.05) is 87.1 Å². The van der Waals surface area contributed by atoms with Gasteiger partial charge in [0.25, 0.3) is 0 Å². The molecule has 0 amide bonds. The second kappa shape index (κ2) is 25.0. The van der Waals surface area contributed by atoms with Crippen LogP contribution in [0.4, 0.5) is 11.6 Å². The number of aromatic nitrogens is 4. The van der Waals surface area contributed by atoms with Crippen LogP contribution in [-0.4, -0.2) is 151 Å². The van der Waals surface area contributed by atoms with E-state index in [0.717, 1.165) is 125 Å². The number of unbranched alkanes of at least 4 members (excludes halogenated alkanes) is 2. The number of benzene rings is 4. The van der Waals surface area contributed by atoms with Crippen LogP contribution in [0.5, 0.6) is 23.0 Å². The molecule has 0 saturated carbocycles. The highest BCUT2D eigenvalue weighted by atomic mass is 16.5. The Hall–Kier alpha value is -7.11. The van der Waals surface area contributed by atoms with E-state index in [9.17, 15) is 14.4 Å². The largest absolute Gasteiger partial charge is 0.493 e. The van der Waals surface area contributed by atoms with Gasteiger partial charge in [-0.1, -0.05) is 50.2 Å². The average Bonchev–Trinajstić information content (AvgIpc) is 4.03. The number of anilines is 2. The minimum atomic E-state index is -1.26. The molecule has 4 heterocycles. The van der Waals surface area contributed by atoms with E-state index in [1.165, 1.54) is 10.8 Å². The zero-order valence-electron chi connectivity index (χ0n) is 40.6. The maximum Gasteiger partial charge on any atom is 0.328 e. The fourth-order valence-corrected chi connectivity index (χ4v) is 8.98. The van der Waals surface area contributed by atoms with Gasteiger partial charge >= 0.3 is 11.9 Å². The van der Waals surface area contributed by atoms with Crippen LogP contribution in [0.25, 0.3) is 21.8 Å². The summed E-state index contributed by atoms with van der Waals surface area (Å²) in [7, 11) is 3.30. The van der Waals surface area contributed by atoms with Gasteiger partial charge in [-0.05, 0) is 98.4 Å². The first-order valence-electron chi connectivity index (χ1n) is 24.1. The average molecular weight is 959 g/mol. The summed E-state index contributed by atoms with van der Waals surface area (Å²) < 4.78 is 23.8. The molecular weight excluding hydrogens is 893 g/mol. The van der Waals surface area contributed by atoms with Crippen molar-refractivity contribution in [2.24, 2.45) is 0 Å². The van der Waals surface area contributed by atoms with E-state index >= 15 is 0 Å². The summed E-state index contributed by atoms with van der Waals surface area (Å²) in [6.07, 6.45) is 5.11. The molecule has 6 aromatic rings. The Morgan fingerprint density at radius 3 is 1.36 bits per heavy atom. The fraction of sp³-hybridized carbons (Fsp3) is 0.415. The maximum absolute atomic E-state index is 13.9. The van der Waals surface area contributed by atoms with Crippen molar-refractivity contribution in [2.45, 2.75) is 51.4 Å². The van der Waals surface area contributed by atoms with Gasteiger partial charge in [-0.25, -0.2) is 9.59 Å². The van der Waals surface area contributed by atoms with Crippen LogP contribution in [0, 0.1) is 0 Å². The summed E-state index contributed by atoms with van der Waals surface area (Å²) in [5.41, 5.74) is 3.96. The standard InChI is InChI=1S/C49H62N8O5.C4H4O4/c1-35(37-17-19-43(45(33-37)59-3)61-31-11-9-21-54-23-27-56(28-24-54)48-39-13-5-7-15-41(39)50-52-48)47(58)36(2)38-18-20-44(46(34-38)60-4)62-32-12-10-22-55-25-29-57(30-26-55)49-40-14-6-8-16-42(40)51-53-49;5-3(6)1-2-4(7)8/h5-8,13-20,33-36H,9-12,21-32H2,1-4H3,(H,50,52)(H,51,53);1-2H,(H,5,6)(H,7,8)/b;2-1+. The Morgan fingerprint density at radius 2 is 0.971 bits per heavy atom. The van der Waals surface area contributed by atoms with Gasteiger partial charge in [-0.3, -0.25) is 24.8 Å². The number of nitrogens with zero attached hydrogens (tertiary/aromatic N) is 6. The summed E-state index contributed by atoms with van der Waals surface area (Å²) in [5, 5.41) is 33.5. The summed E-state index contributed by atoms with van der Waals surface area (Å²) in [6.45, 7) is 15.2. The highest BCUT2D eigenvalue weighted by molar-refractivity contribution is 5.92. The highest BCUT2D eigenvalue weighted by Gasteiger charge is 2.26. The van der Waals surface area contributed by atoms with E-state index in [2.05, 4.69) is 76.4 Å². The second-order valence-corrected chi connectivity index (χ2v) is 17.6. The molecular formula is C53H66N8O9. The van der Waals surface area contributed by atoms with Crippen molar-refractivity contribution in [2.75, 3.05) is 103 Å². The first-order chi connectivity index (χ1) is 34.0. The van der Waals surface area contributed by atoms with Gasteiger partial charge in [0.2, 0.25) is 0 Å². The zero-order chi connectivity index (χ0) is 49.4. The van der Waals surface area contributed by atoms with E-state index in [1.54, 1.807) is 14.2 Å². The van der Waals surface area contributed by atoms with Crippen molar-refractivity contribution in [3.05, 3.63) is 108 Å². The van der Waals surface area contributed by atoms with E-state index in [0.29, 0.717) is 48.4 Å². The number of ketones is 1. The lowest BCUT2D eigenvalue weighted by Crippen LogP contribution is -2.46. The molecule has 2 atom stereocenters. The van der Waals surface area contributed by atoms with Crippen LogP contribution in [0.2, 0.25) is 0 Å². The lowest BCUT2D eigenvalue weighted by Gasteiger charge is -2.35. The third kappa shape index (κ3) is 13.4. The van der Waals surface area contributed by atoms with Crippen molar-refractivity contribution >= 4 is 51.2 Å². The van der Waals surface area contributed by atoms with Crippen LogP contribution in [-0.2, 0) is 14.4 Å². The predicted octanol–water partition coefficient (Wildman–Crippen LogP) is 7.61. The van der Waals surface area contributed by atoms with Crippen molar-refractivity contribution in [3.63, 3.8) is 0 Å². The van der Waals surface area contributed by atoms with Gasteiger partial charge in [-0.2, -0.15) is 10.2 Å². The van der Waals surface area contributed by atoms with Gasteiger partial charge < -0.3 is 39.0 Å². The molecule has 2 aliphatic heterocycles. The number of hydrogen-bond acceptors (Lipinski definition) is 13. The number of aliphatic carboxylic acids is 2. The van der Waals surface area contributed by atoms with Crippen LogP contribution >= 0.6 is 0 Å². The molecule has 0 bridgehead atoms. The number of carboxylic acids is 2. The number of carbonyl (C=O) groups is 3. The number of rotatable bonds is 22. The Labute approximate surface area is 408 Å².